The van der Waals surface area contributed by atoms with Crippen LogP contribution in [0.25, 0.3) is 0 Å². The van der Waals surface area contributed by atoms with Crippen LogP contribution in [0.4, 0.5) is 0 Å². The maximum atomic E-state index is 12.3. The minimum Gasteiger partial charge on any atom is -0.462 e. The highest BCUT2D eigenvalue weighted by atomic mass is 17.1. The topological polar surface area (TPSA) is 108 Å². The molecule has 0 heterocycles. The van der Waals surface area contributed by atoms with Crippen LogP contribution in [0.2, 0.25) is 0 Å². The highest BCUT2D eigenvalue weighted by molar-refractivity contribution is 5.84. The predicted molar refractivity (Wildman–Crippen MR) is 94.7 cm³/mol. The monoisotopic (exact) mass is 380 g/mol. The average molecular weight is 380 g/mol. The second kappa shape index (κ2) is 10.4. The summed E-state index contributed by atoms with van der Waals surface area (Å²) in [5.41, 5.74) is -0.410. The van der Waals surface area contributed by atoms with Gasteiger partial charge in [0.05, 0.1) is 11.8 Å². The first kappa shape index (κ1) is 22.3. The van der Waals surface area contributed by atoms with Gasteiger partial charge in [-0.1, -0.05) is 18.7 Å². The van der Waals surface area contributed by atoms with Gasteiger partial charge < -0.3 is 14.2 Å². The number of carbonyl (C=O) groups excluding carboxylic acids is 3. The first-order valence-corrected chi connectivity index (χ1v) is 8.27. The Morgan fingerprint density at radius 3 is 2.30 bits per heavy atom. The van der Waals surface area contributed by atoms with E-state index in [0.29, 0.717) is 11.3 Å². The molecule has 0 spiro atoms. The number of rotatable bonds is 10. The minimum absolute atomic E-state index is 0.0935. The van der Waals surface area contributed by atoms with Crippen molar-refractivity contribution in [3.8, 4) is 5.75 Å². The fraction of sp³-hybridized carbons (Fsp3) is 0.421. The largest absolute Gasteiger partial charge is 0.462 e. The van der Waals surface area contributed by atoms with E-state index in [0.717, 1.165) is 6.08 Å². The molecule has 0 aliphatic heterocycles. The molecule has 0 aliphatic carbocycles. The molecule has 0 radical (unpaired) electrons. The summed E-state index contributed by atoms with van der Waals surface area (Å²) < 4.78 is 14.9. The summed E-state index contributed by atoms with van der Waals surface area (Å²) in [5.74, 6) is -1.53. The van der Waals surface area contributed by atoms with Crippen molar-refractivity contribution >= 4 is 17.9 Å². The van der Waals surface area contributed by atoms with Gasteiger partial charge in [0.2, 0.25) is 0 Å². The number of hydrogen-bond donors (Lipinski definition) is 1. The van der Waals surface area contributed by atoms with Crippen molar-refractivity contribution in [2.24, 2.45) is 5.41 Å². The molecule has 1 aromatic rings. The molecule has 0 bridgehead atoms. The van der Waals surface area contributed by atoms with Crippen molar-refractivity contribution < 1.29 is 38.7 Å². The van der Waals surface area contributed by atoms with E-state index in [1.165, 1.54) is 0 Å². The Balaban J connectivity index is 2.51. The molecule has 1 N–H and O–H groups in total. The third kappa shape index (κ3) is 7.59. The summed E-state index contributed by atoms with van der Waals surface area (Å²) in [7, 11) is 0. The Kier molecular flexibility index (Phi) is 8.64. The molecule has 0 aromatic heterocycles. The average Bonchev–Trinajstić information content (AvgIpc) is 2.64. The fourth-order valence-corrected chi connectivity index (χ4v) is 1.95. The SMILES string of the molecule is C=CC(=O)OCCOC(=O)CC(C)(C)C(=O)Oc1ccc([C@H](C)OO)cc1. The van der Waals surface area contributed by atoms with Gasteiger partial charge in [0.25, 0.3) is 0 Å². The summed E-state index contributed by atoms with van der Waals surface area (Å²) >= 11 is 0. The van der Waals surface area contributed by atoms with Gasteiger partial charge in [-0.15, -0.1) is 0 Å². The van der Waals surface area contributed by atoms with E-state index >= 15 is 0 Å². The lowest BCUT2D eigenvalue weighted by Gasteiger charge is -2.21. The van der Waals surface area contributed by atoms with Crippen molar-refractivity contribution in [2.45, 2.75) is 33.3 Å². The van der Waals surface area contributed by atoms with Crippen molar-refractivity contribution in [3.63, 3.8) is 0 Å². The van der Waals surface area contributed by atoms with Crippen LogP contribution >= 0.6 is 0 Å². The number of ether oxygens (including phenoxy) is 3. The van der Waals surface area contributed by atoms with Crippen LogP contribution in [-0.4, -0.2) is 36.4 Å². The normalized spacial score (nSPS) is 12.0. The molecule has 0 unspecified atom stereocenters. The number of esters is 3. The van der Waals surface area contributed by atoms with Crippen LogP contribution in [0.15, 0.2) is 36.9 Å². The van der Waals surface area contributed by atoms with E-state index in [4.69, 9.17) is 14.7 Å². The Hall–Kier alpha value is -2.71. The lowest BCUT2D eigenvalue weighted by Crippen LogP contribution is -2.32. The first-order chi connectivity index (χ1) is 12.7. The Bertz CT molecular complexity index is 663. The van der Waals surface area contributed by atoms with Gasteiger partial charge in [0.15, 0.2) is 0 Å². The van der Waals surface area contributed by atoms with Gasteiger partial charge in [-0.2, -0.15) is 0 Å². The van der Waals surface area contributed by atoms with Crippen LogP contribution in [0.5, 0.6) is 5.75 Å². The zero-order valence-electron chi connectivity index (χ0n) is 15.6. The van der Waals surface area contributed by atoms with Crippen LogP contribution < -0.4 is 4.74 Å². The van der Waals surface area contributed by atoms with Gasteiger partial charge in [0, 0.05) is 6.08 Å². The fourth-order valence-electron chi connectivity index (χ4n) is 1.95. The standard InChI is InChI=1S/C19H24O8/c1-5-16(20)24-10-11-25-17(21)12-19(3,4)18(22)26-15-8-6-14(7-9-15)13(2)27-23/h5-9,13,23H,1,10-12H2,2-4H3/t13-/m0/s1. The molecule has 148 valence electrons. The van der Waals surface area contributed by atoms with Gasteiger partial charge in [-0.25, -0.2) is 9.68 Å². The van der Waals surface area contributed by atoms with E-state index in [-0.39, 0.29) is 19.6 Å². The molecule has 1 rings (SSSR count). The summed E-state index contributed by atoms with van der Waals surface area (Å²) in [4.78, 5) is 39.3. The summed E-state index contributed by atoms with van der Waals surface area (Å²) in [6.45, 7) is 7.82. The third-order valence-electron chi connectivity index (χ3n) is 3.61. The molecule has 8 heteroatoms. The number of hydrogen-bond acceptors (Lipinski definition) is 8. The highest BCUT2D eigenvalue weighted by Crippen LogP contribution is 2.26. The Morgan fingerprint density at radius 1 is 1.15 bits per heavy atom. The van der Waals surface area contributed by atoms with E-state index in [1.807, 2.05) is 0 Å². The molecular formula is C19H24O8. The summed E-state index contributed by atoms with van der Waals surface area (Å²) in [5, 5.41) is 8.65. The molecule has 0 aliphatic rings. The van der Waals surface area contributed by atoms with Gasteiger partial charge in [-0.3, -0.25) is 14.8 Å². The summed E-state index contributed by atoms with van der Waals surface area (Å²) in [6.07, 6.45) is 0.298. The molecule has 0 saturated carbocycles. The molecular weight excluding hydrogens is 356 g/mol. The third-order valence-corrected chi connectivity index (χ3v) is 3.61. The second-order valence-corrected chi connectivity index (χ2v) is 6.36. The molecule has 8 nitrogen and oxygen atoms in total. The smallest absolute Gasteiger partial charge is 0.330 e. The minimum atomic E-state index is -1.12. The quantitative estimate of drug-likeness (QED) is 0.165. The predicted octanol–water partition coefficient (Wildman–Crippen LogP) is 2.83. The molecule has 0 fully saturated rings. The van der Waals surface area contributed by atoms with Gasteiger partial charge in [-0.05, 0) is 38.5 Å². The van der Waals surface area contributed by atoms with E-state index in [9.17, 15) is 14.4 Å². The number of benzene rings is 1. The second-order valence-electron chi connectivity index (χ2n) is 6.36. The van der Waals surface area contributed by atoms with Crippen molar-refractivity contribution in [1.82, 2.24) is 0 Å². The summed E-state index contributed by atoms with van der Waals surface area (Å²) in [6, 6.07) is 6.42. The maximum absolute atomic E-state index is 12.3. The first-order valence-electron chi connectivity index (χ1n) is 8.27. The van der Waals surface area contributed by atoms with Crippen LogP contribution in [0.3, 0.4) is 0 Å². The molecule has 27 heavy (non-hydrogen) atoms. The lowest BCUT2D eigenvalue weighted by molar-refractivity contribution is -0.277. The highest BCUT2D eigenvalue weighted by Gasteiger charge is 2.33. The van der Waals surface area contributed by atoms with E-state index in [1.54, 1.807) is 45.0 Å². The lowest BCUT2D eigenvalue weighted by atomic mass is 9.89. The molecule has 0 saturated heterocycles. The Morgan fingerprint density at radius 2 is 1.74 bits per heavy atom. The maximum Gasteiger partial charge on any atom is 0.330 e. The van der Waals surface area contributed by atoms with Crippen molar-refractivity contribution in [2.75, 3.05) is 13.2 Å². The van der Waals surface area contributed by atoms with Crippen LogP contribution in [-0.2, 0) is 28.7 Å². The molecule has 1 aromatic carbocycles. The number of carbonyl (C=O) groups is 3. The zero-order valence-corrected chi connectivity index (χ0v) is 15.6. The van der Waals surface area contributed by atoms with Crippen LogP contribution in [0.1, 0.15) is 38.9 Å². The van der Waals surface area contributed by atoms with E-state index < -0.39 is 29.4 Å². The van der Waals surface area contributed by atoms with Gasteiger partial charge >= 0.3 is 17.9 Å². The van der Waals surface area contributed by atoms with E-state index in [2.05, 4.69) is 16.2 Å². The van der Waals surface area contributed by atoms with Gasteiger partial charge in [0.1, 0.15) is 25.1 Å². The van der Waals surface area contributed by atoms with Crippen LogP contribution in [0, 0.1) is 5.41 Å². The Labute approximate surface area is 157 Å². The van der Waals surface area contributed by atoms with Crippen molar-refractivity contribution in [1.29, 1.82) is 0 Å². The molecule has 1 atom stereocenters. The zero-order chi connectivity index (χ0) is 20.4. The van der Waals surface area contributed by atoms with Crippen molar-refractivity contribution in [3.05, 3.63) is 42.5 Å². The molecule has 0 amide bonds.